The van der Waals surface area contributed by atoms with Crippen LogP contribution in [0.5, 0.6) is 0 Å². The van der Waals surface area contributed by atoms with Crippen molar-refractivity contribution >= 4 is 17.7 Å². The van der Waals surface area contributed by atoms with E-state index in [0.717, 1.165) is 35.9 Å². The van der Waals surface area contributed by atoms with Gasteiger partial charge in [0.1, 0.15) is 0 Å². The minimum Gasteiger partial charge on any atom is -0.379 e. The van der Waals surface area contributed by atoms with Gasteiger partial charge in [0.05, 0.1) is 12.1 Å². The van der Waals surface area contributed by atoms with Gasteiger partial charge in [-0.3, -0.25) is 14.2 Å². The zero-order valence-electron chi connectivity index (χ0n) is 14.7. The highest BCUT2D eigenvalue weighted by atomic mass is 32.2. The van der Waals surface area contributed by atoms with E-state index >= 15 is 0 Å². The van der Waals surface area contributed by atoms with Crippen LogP contribution in [0.4, 0.5) is 0 Å². The minimum absolute atomic E-state index is 0.0254. The number of carbonyl (C=O) groups excluding carboxylic acids is 1. The minimum atomic E-state index is -0.104. The largest absolute Gasteiger partial charge is 0.379 e. The lowest BCUT2D eigenvalue weighted by atomic mass is 10.2. The molecule has 24 heavy (non-hydrogen) atoms. The normalized spacial score (nSPS) is 16.4. The molecule has 0 aliphatic carbocycles. The summed E-state index contributed by atoms with van der Waals surface area (Å²) in [5, 5.41) is 3.65. The highest BCUT2D eigenvalue weighted by molar-refractivity contribution is 7.99. The maximum absolute atomic E-state index is 12.3. The van der Waals surface area contributed by atoms with Crippen LogP contribution in [0.1, 0.15) is 51.8 Å². The third kappa shape index (κ3) is 5.34. The Hall–Kier alpha value is -1.34. The van der Waals surface area contributed by atoms with Gasteiger partial charge < -0.3 is 10.1 Å². The molecule has 2 rings (SSSR count). The number of nitrogens with zero attached hydrogens (tertiary/aromatic N) is 2. The second-order valence-electron chi connectivity index (χ2n) is 6.28. The van der Waals surface area contributed by atoms with Gasteiger partial charge in [-0.05, 0) is 26.7 Å². The van der Waals surface area contributed by atoms with Crippen molar-refractivity contribution in [3.05, 3.63) is 22.1 Å². The van der Waals surface area contributed by atoms with Gasteiger partial charge in [0.25, 0.3) is 5.56 Å². The average molecular weight is 353 g/mol. The summed E-state index contributed by atoms with van der Waals surface area (Å²) in [5.74, 6) is 0.698. The highest BCUT2D eigenvalue weighted by Gasteiger charge is 2.27. The number of hydrogen-bond donors (Lipinski definition) is 1. The number of ether oxygens (including phenoxy) is 1. The Morgan fingerprint density at radius 1 is 1.54 bits per heavy atom. The Morgan fingerprint density at radius 3 is 3.04 bits per heavy atom. The lowest BCUT2D eigenvalue weighted by Gasteiger charge is -2.14. The predicted octanol–water partition coefficient (Wildman–Crippen LogP) is 2.16. The monoisotopic (exact) mass is 353 g/mol. The SMILES string of the molecule is CCCc1cc(=O)n2c(n1)SCC2CC(=O)NCCCOC(C)C. The molecule has 1 aliphatic heterocycles. The molecule has 1 amide bonds. The Kier molecular flexibility index (Phi) is 7.30. The average Bonchev–Trinajstić information content (AvgIpc) is 2.90. The van der Waals surface area contributed by atoms with E-state index in [9.17, 15) is 9.59 Å². The molecule has 0 spiro atoms. The maximum atomic E-state index is 12.3. The van der Waals surface area contributed by atoms with Crippen LogP contribution in [-0.2, 0) is 16.0 Å². The molecular weight excluding hydrogens is 326 g/mol. The molecule has 1 unspecified atom stereocenters. The van der Waals surface area contributed by atoms with E-state index in [1.54, 1.807) is 22.4 Å². The zero-order chi connectivity index (χ0) is 17.5. The number of fused-ring (bicyclic) bond motifs is 1. The van der Waals surface area contributed by atoms with Gasteiger partial charge in [0, 0.05) is 37.1 Å². The summed E-state index contributed by atoms with van der Waals surface area (Å²) in [5.41, 5.74) is 0.799. The van der Waals surface area contributed by atoms with Crippen LogP contribution >= 0.6 is 11.8 Å². The molecule has 1 atom stereocenters. The van der Waals surface area contributed by atoms with Gasteiger partial charge >= 0.3 is 0 Å². The van der Waals surface area contributed by atoms with E-state index in [2.05, 4.69) is 17.2 Å². The van der Waals surface area contributed by atoms with Crippen LogP contribution in [0.25, 0.3) is 0 Å². The van der Waals surface area contributed by atoms with Gasteiger partial charge in [-0.15, -0.1) is 0 Å². The molecule has 2 heterocycles. The number of carbonyl (C=O) groups is 1. The topological polar surface area (TPSA) is 73.2 Å². The quantitative estimate of drug-likeness (QED) is 0.544. The van der Waals surface area contributed by atoms with Crippen molar-refractivity contribution in [1.29, 1.82) is 0 Å². The summed E-state index contributed by atoms with van der Waals surface area (Å²) in [4.78, 5) is 29.0. The smallest absolute Gasteiger partial charge is 0.254 e. The number of aromatic nitrogens is 2. The Morgan fingerprint density at radius 2 is 2.33 bits per heavy atom. The summed E-state index contributed by atoms with van der Waals surface area (Å²) >= 11 is 1.56. The fourth-order valence-electron chi connectivity index (χ4n) is 2.64. The number of amides is 1. The number of hydrogen-bond acceptors (Lipinski definition) is 5. The maximum Gasteiger partial charge on any atom is 0.254 e. The van der Waals surface area contributed by atoms with E-state index in [1.807, 2.05) is 13.8 Å². The van der Waals surface area contributed by atoms with E-state index in [1.165, 1.54) is 0 Å². The van der Waals surface area contributed by atoms with Crippen molar-refractivity contribution in [2.75, 3.05) is 18.9 Å². The second-order valence-corrected chi connectivity index (χ2v) is 7.27. The molecule has 0 saturated heterocycles. The summed E-state index contributed by atoms with van der Waals surface area (Å²) in [6.07, 6.45) is 3.10. The lowest BCUT2D eigenvalue weighted by molar-refractivity contribution is -0.121. The molecule has 0 fully saturated rings. The molecule has 0 saturated carbocycles. The fourth-order valence-corrected chi connectivity index (χ4v) is 3.81. The van der Waals surface area contributed by atoms with Crippen molar-refractivity contribution < 1.29 is 9.53 Å². The standard InChI is InChI=1S/C17H27N3O3S/c1-4-6-13-9-16(22)20-14(11-24-17(20)19-13)10-15(21)18-7-5-8-23-12(2)3/h9,12,14H,4-8,10-11H2,1-3H3,(H,18,21). The summed E-state index contributed by atoms with van der Waals surface area (Å²) < 4.78 is 7.11. The summed E-state index contributed by atoms with van der Waals surface area (Å²) in [6.45, 7) is 7.29. The number of rotatable bonds is 9. The van der Waals surface area contributed by atoms with E-state index in [-0.39, 0.29) is 23.6 Å². The molecule has 1 aromatic heterocycles. The first kappa shape index (κ1) is 19.0. The van der Waals surface area contributed by atoms with Crippen molar-refractivity contribution in [2.45, 2.75) is 63.8 Å². The third-order valence-corrected chi connectivity index (χ3v) is 4.86. The molecule has 1 N–H and O–H groups in total. The van der Waals surface area contributed by atoms with Crippen LogP contribution < -0.4 is 10.9 Å². The molecule has 1 aromatic rings. The van der Waals surface area contributed by atoms with Gasteiger partial charge in [-0.25, -0.2) is 4.98 Å². The Labute approximate surface area is 147 Å². The van der Waals surface area contributed by atoms with Crippen molar-refractivity contribution in [1.82, 2.24) is 14.9 Å². The molecular formula is C17H27N3O3S. The molecule has 0 aromatic carbocycles. The van der Waals surface area contributed by atoms with E-state index in [4.69, 9.17) is 4.74 Å². The number of aryl methyl sites for hydroxylation is 1. The van der Waals surface area contributed by atoms with Gasteiger partial charge in [0.15, 0.2) is 5.16 Å². The van der Waals surface area contributed by atoms with Crippen LogP contribution in [-0.4, -0.2) is 40.5 Å². The lowest BCUT2D eigenvalue weighted by Crippen LogP contribution is -2.31. The van der Waals surface area contributed by atoms with Gasteiger partial charge in [0.2, 0.25) is 5.91 Å². The highest BCUT2D eigenvalue weighted by Crippen LogP contribution is 2.31. The zero-order valence-corrected chi connectivity index (χ0v) is 15.5. The molecule has 7 heteroatoms. The number of thioether (sulfide) groups is 1. The first-order chi connectivity index (χ1) is 11.5. The summed E-state index contributed by atoms with van der Waals surface area (Å²) in [6, 6.07) is 1.50. The van der Waals surface area contributed by atoms with Crippen LogP contribution in [0.3, 0.4) is 0 Å². The van der Waals surface area contributed by atoms with Crippen molar-refractivity contribution in [2.24, 2.45) is 0 Å². The molecule has 1 aliphatic rings. The van der Waals surface area contributed by atoms with Crippen LogP contribution in [0.2, 0.25) is 0 Å². The van der Waals surface area contributed by atoms with Gasteiger partial charge in [-0.1, -0.05) is 25.1 Å². The van der Waals surface area contributed by atoms with Gasteiger partial charge in [-0.2, -0.15) is 0 Å². The van der Waals surface area contributed by atoms with Crippen LogP contribution in [0, 0.1) is 0 Å². The molecule has 6 nitrogen and oxygen atoms in total. The Bertz CT molecular complexity index is 616. The molecule has 0 radical (unpaired) electrons. The fraction of sp³-hybridized carbons (Fsp3) is 0.706. The first-order valence-corrected chi connectivity index (χ1v) is 9.63. The van der Waals surface area contributed by atoms with E-state index < -0.39 is 0 Å². The predicted molar refractivity (Wildman–Crippen MR) is 95.6 cm³/mol. The summed E-state index contributed by atoms with van der Waals surface area (Å²) in [7, 11) is 0. The Balaban J connectivity index is 1.85. The molecule has 134 valence electrons. The second kappa shape index (κ2) is 9.22. The van der Waals surface area contributed by atoms with Crippen molar-refractivity contribution in [3.8, 4) is 0 Å². The number of nitrogens with one attached hydrogen (secondary N) is 1. The van der Waals surface area contributed by atoms with Crippen LogP contribution in [0.15, 0.2) is 16.0 Å². The first-order valence-electron chi connectivity index (χ1n) is 8.64. The third-order valence-electron chi connectivity index (χ3n) is 3.76. The van der Waals surface area contributed by atoms with Crippen molar-refractivity contribution in [3.63, 3.8) is 0 Å². The van der Waals surface area contributed by atoms with E-state index in [0.29, 0.717) is 19.6 Å². The molecule has 0 bridgehead atoms.